The van der Waals surface area contributed by atoms with E-state index >= 15 is 0 Å². The highest BCUT2D eigenvalue weighted by atomic mass is 35.5. The van der Waals surface area contributed by atoms with Crippen molar-refractivity contribution in [1.29, 1.82) is 0 Å². The molecule has 2 rings (SSSR count). The Bertz CT molecular complexity index is 445. The van der Waals surface area contributed by atoms with Crippen LogP contribution in [0, 0.1) is 5.41 Å². The SMILES string of the molecule is CC(C)(C)NCC1(Cc2ccc(Cl)c(Cl)c2)CCC1. The van der Waals surface area contributed by atoms with Crippen molar-refractivity contribution in [2.75, 3.05) is 6.54 Å². The Morgan fingerprint density at radius 3 is 2.32 bits per heavy atom. The highest BCUT2D eigenvalue weighted by Gasteiger charge is 2.37. The third kappa shape index (κ3) is 4.11. The van der Waals surface area contributed by atoms with Crippen LogP contribution < -0.4 is 5.32 Å². The fourth-order valence-electron chi connectivity index (χ4n) is 2.63. The van der Waals surface area contributed by atoms with Crippen molar-refractivity contribution in [1.82, 2.24) is 5.32 Å². The first-order valence-corrected chi connectivity index (χ1v) is 7.74. The van der Waals surface area contributed by atoms with Crippen molar-refractivity contribution in [3.8, 4) is 0 Å². The summed E-state index contributed by atoms with van der Waals surface area (Å²) in [6.07, 6.45) is 5.03. The summed E-state index contributed by atoms with van der Waals surface area (Å²) in [7, 11) is 0. The van der Waals surface area contributed by atoms with E-state index in [1.165, 1.54) is 24.8 Å². The second kappa shape index (κ2) is 5.63. The number of hydrogen-bond acceptors (Lipinski definition) is 1. The van der Waals surface area contributed by atoms with Gasteiger partial charge in [0.2, 0.25) is 0 Å². The number of nitrogens with one attached hydrogen (secondary N) is 1. The van der Waals surface area contributed by atoms with Crippen LogP contribution in [-0.2, 0) is 6.42 Å². The molecule has 0 radical (unpaired) electrons. The Morgan fingerprint density at radius 1 is 1.16 bits per heavy atom. The van der Waals surface area contributed by atoms with Crippen molar-refractivity contribution in [3.05, 3.63) is 33.8 Å². The van der Waals surface area contributed by atoms with Crippen LogP contribution in [0.5, 0.6) is 0 Å². The topological polar surface area (TPSA) is 12.0 Å². The molecule has 3 heteroatoms. The minimum absolute atomic E-state index is 0.181. The molecule has 1 saturated carbocycles. The molecule has 0 spiro atoms. The van der Waals surface area contributed by atoms with Crippen LogP contribution >= 0.6 is 23.2 Å². The second-order valence-electron chi connectivity index (χ2n) is 6.88. The maximum atomic E-state index is 6.11. The van der Waals surface area contributed by atoms with Gasteiger partial charge >= 0.3 is 0 Å². The molecule has 0 bridgehead atoms. The fourth-order valence-corrected chi connectivity index (χ4v) is 2.95. The lowest BCUT2D eigenvalue weighted by atomic mass is 9.65. The van der Waals surface area contributed by atoms with Crippen LogP contribution in [0.4, 0.5) is 0 Å². The van der Waals surface area contributed by atoms with Gasteiger partial charge in [0.05, 0.1) is 10.0 Å². The zero-order valence-corrected chi connectivity index (χ0v) is 13.5. The largest absolute Gasteiger partial charge is 0.312 e. The molecule has 1 aromatic carbocycles. The molecule has 0 unspecified atom stereocenters. The Balaban J connectivity index is 2.03. The molecule has 1 nitrogen and oxygen atoms in total. The van der Waals surface area contributed by atoms with E-state index in [4.69, 9.17) is 23.2 Å². The van der Waals surface area contributed by atoms with E-state index in [-0.39, 0.29) is 5.54 Å². The van der Waals surface area contributed by atoms with E-state index in [9.17, 15) is 0 Å². The molecule has 0 saturated heterocycles. The van der Waals surface area contributed by atoms with Crippen LogP contribution in [0.25, 0.3) is 0 Å². The molecule has 106 valence electrons. The molecule has 0 atom stereocenters. The molecule has 0 aromatic heterocycles. The van der Waals surface area contributed by atoms with Crippen LogP contribution in [0.2, 0.25) is 10.0 Å². The lowest BCUT2D eigenvalue weighted by molar-refractivity contribution is 0.118. The summed E-state index contributed by atoms with van der Waals surface area (Å²) in [6.45, 7) is 7.74. The number of halogens is 2. The van der Waals surface area contributed by atoms with Crippen molar-refractivity contribution in [3.63, 3.8) is 0 Å². The summed E-state index contributed by atoms with van der Waals surface area (Å²) in [5, 5.41) is 4.96. The van der Waals surface area contributed by atoms with Crippen LogP contribution in [0.1, 0.15) is 45.6 Å². The Kier molecular flexibility index (Phi) is 4.49. The lowest BCUT2D eigenvalue weighted by Crippen LogP contribution is -2.47. The average Bonchev–Trinajstić information content (AvgIpc) is 2.25. The number of benzene rings is 1. The molecule has 1 aliphatic rings. The van der Waals surface area contributed by atoms with Gasteiger partial charge in [0.1, 0.15) is 0 Å². The molecule has 0 amide bonds. The summed E-state index contributed by atoms with van der Waals surface area (Å²) in [4.78, 5) is 0. The maximum Gasteiger partial charge on any atom is 0.0595 e. The molecule has 1 N–H and O–H groups in total. The van der Waals surface area contributed by atoms with Crippen molar-refractivity contribution in [2.45, 2.75) is 52.0 Å². The van der Waals surface area contributed by atoms with Crippen molar-refractivity contribution >= 4 is 23.2 Å². The first-order valence-electron chi connectivity index (χ1n) is 6.99. The maximum absolute atomic E-state index is 6.11. The van der Waals surface area contributed by atoms with Gasteiger partial charge in [-0.1, -0.05) is 35.7 Å². The van der Waals surface area contributed by atoms with Crippen LogP contribution in [-0.4, -0.2) is 12.1 Å². The summed E-state index contributed by atoms with van der Waals surface area (Å²) in [6, 6.07) is 6.02. The quantitative estimate of drug-likeness (QED) is 0.816. The molecule has 19 heavy (non-hydrogen) atoms. The van der Waals surface area contributed by atoms with Gasteiger partial charge in [-0.05, 0) is 63.1 Å². The lowest BCUT2D eigenvalue weighted by Gasteiger charge is -2.44. The molecule has 1 fully saturated rings. The molecule has 0 aliphatic heterocycles. The molecule has 1 aliphatic carbocycles. The molecular weight excluding hydrogens is 277 g/mol. The third-order valence-corrected chi connectivity index (χ3v) is 4.71. The summed E-state index contributed by atoms with van der Waals surface area (Å²) in [5.41, 5.74) is 1.88. The normalized spacial score (nSPS) is 18.2. The van der Waals surface area contributed by atoms with Gasteiger partial charge in [-0.25, -0.2) is 0 Å². The van der Waals surface area contributed by atoms with Gasteiger partial charge in [-0.2, -0.15) is 0 Å². The monoisotopic (exact) mass is 299 g/mol. The van der Waals surface area contributed by atoms with Crippen molar-refractivity contribution < 1.29 is 0 Å². The minimum Gasteiger partial charge on any atom is -0.312 e. The first-order chi connectivity index (χ1) is 8.80. The van der Waals surface area contributed by atoms with Gasteiger partial charge in [0.15, 0.2) is 0 Å². The Labute approximate surface area is 126 Å². The van der Waals surface area contributed by atoms with Gasteiger partial charge in [0, 0.05) is 12.1 Å². The van der Waals surface area contributed by atoms with Crippen molar-refractivity contribution in [2.24, 2.45) is 5.41 Å². The summed E-state index contributed by atoms with van der Waals surface area (Å²) >= 11 is 12.1. The zero-order valence-electron chi connectivity index (χ0n) is 12.0. The van der Waals surface area contributed by atoms with E-state index in [2.05, 4.69) is 32.2 Å². The highest BCUT2D eigenvalue weighted by molar-refractivity contribution is 6.42. The minimum atomic E-state index is 0.181. The first kappa shape index (κ1) is 15.2. The fraction of sp³-hybridized carbons (Fsp3) is 0.625. The zero-order chi connectivity index (χ0) is 14.1. The standard InChI is InChI=1S/C16H23Cl2N/c1-15(2,3)19-11-16(7-4-8-16)10-12-5-6-13(17)14(18)9-12/h5-6,9,19H,4,7-8,10-11H2,1-3H3. The number of hydrogen-bond donors (Lipinski definition) is 1. The third-order valence-electron chi connectivity index (χ3n) is 3.97. The Morgan fingerprint density at radius 2 is 1.84 bits per heavy atom. The van der Waals surface area contributed by atoms with Crippen LogP contribution in [0.15, 0.2) is 18.2 Å². The molecular formula is C16H23Cl2N. The van der Waals surface area contributed by atoms with E-state index in [0.29, 0.717) is 15.5 Å². The van der Waals surface area contributed by atoms with Crippen LogP contribution in [0.3, 0.4) is 0 Å². The second-order valence-corrected chi connectivity index (χ2v) is 7.70. The number of rotatable bonds is 4. The predicted molar refractivity (Wildman–Crippen MR) is 84.2 cm³/mol. The highest BCUT2D eigenvalue weighted by Crippen LogP contribution is 2.44. The van der Waals surface area contributed by atoms with Gasteiger partial charge in [-0.15, -0.1) is 0 Å². The predicted octanol–water partition coefficient (Wildman–Crippen LogP) is 5.09. The van der Waals surface area contributed by atoms with Gasteiger partial charge in [0.25, 0.3) is 0 Å². The van der Waals surface area contributed by atoms with E-state index in [1.54, 1.807) is 0 Å². The van der Waals surface area contributed by atoms with E-state index < -0.39 is 0 Å². The van der Waals surface area contributed by atoms with Gasteiger partial charge in [-0.3, -0.25) is 0 Å². The summed E-state index contributed by atoms with van der Waals surface area (Å²) in [5.74, 6) is 0. The summed E-state index contributed by atoms with van der Waals surface area (Å²) < 4.78 is 0. The van der Waals surface area contributed by atoms with Gasteiger partial charge < -0.3 is 5.32 Å². The van der Waals surface area contributed by atoms with E-state index in [1.807, 2.05) is 12.1 Å². The average molecular weight is 300 g/mol. The smallest absolute Gasteiger partial charge is 0.0595 e. The molecule has 1 aromatic rings. The Hall–Kier alpha value is -0.240. The molecule has 0 heterocycles. The van der Waals surface area contributed by atoms with E-state index in [0.717, 1.165) is 13.0 Å².